The summed E-state index contributed by atoms with van der Waals surface area (Å²) < 4.78 is 13.8. The molecule has 0 aromatic heterocycles. The predicted octanol–water partition coefficient (Wildman–Crippen LogP) is 1.37. The lowest BCUT2D eigenvalue weighted by Gasteiger charge is -2.19. The minimum absolute atomic E-state index is 0.0260. The van der Waals surface area contributed by atoms with Gasteiger partial charge in [-0.05, 0) is 18.9 Å². The fraction of sp³-hybridized carbons (Fsp3) is 0.429. The van der Waals surface area contributed by atoms with Crippen molar-refractivity contribution in [1.29, 1.82) is 0 Å². The summed E-state index contributed by atoms with van der Waals surface area (Å²) in [6.07, 6.45) is 0.921. The van der Waals surface area contributed by atoms with E-state index in [1.807, 2.05) is 0 Å². The lowest BCUT2D eigenvalue weighted by Crippen LogP contribution is -2.42. The third kappa shape index (κ3) is 2.75. The number of halogens is 1. The number of benzene rings is 1. The quantitative estimate of drug-likeness (QED) is 0.896. The van der Waals surface area contributed by atoms with Gasteiger partial charge in [-0.15, -0.1) is 0 Å². The Kier molecular flexibility index (Phi) is 3.83. The van der Waals surface area contributed by atoms with E-state index in [0.29, 0.717) is 24.0 Å². The highest BCUT2D eigenvalue weighted by Gasteiger charge is 2.32. The molecule has 1 aromatic carbocycles. The Balaban J connectivity index is 1.97. The van der Waals surface area contributed by atoms with E-state index in [0.717, 1.165) is 0 Å². The summed E-state index contributed by atoms with van der Waals surface area (Å²) in [5.74, 6) is -0.546. The first-order valence-corrected chi connectivity index (χ1v) is 6.28. The van der Waals surface area contributed by atoms with Crippen LogP contribution in [-0.4, -0.2) is 29.8 Å². The van der Waals surface area contributed by atoms with Gasteiger partial charge in [0.25, 0.3) is 0 Å². The Bertz CT molecular complexity index is 516. The van der Waals surface area contributed by atoms with Crippen LogP contribution in [0.25, 0.3) is 0 Å². The van der Waals surface area contributed by atoms with E-state index in [9.17, 15) is 14.0 Å². The molecule has 1 aliphatic heterocycles. The number of carbonyl (C=O) groups is 2. The number of likely N-dealkylation sites (N-methyl/N-ethyl adjacent to an activating group) is 1. The van der Waals surface area contributed by atoms with Crippen LogP contribution in [0.1, 0.15) is 24.0 Å². The molecule has 0 aliphatic carbocycles. The van der Waals surface area contributed by atoms with Crippen LogP contribution in [-0.2, 0) is 16.1 Å². The van der Waals surface area contributed by atoms with Gasteiger partial charge in [-0.2, -0.15) is 0 Å². The van der Waals surface area contributed by atoms with Crippen LogP contribution in [0.2, 0.25) is 0 Å². The summed E-state index contributed by atoms with van der Waals surface area (Å²) >= 11 is 0. The standard InChI is InChI=1S/C14H17FN2O2/c1-9-4-3-5-10(13(9)15)8-16-14(19)11-6-7-12(18)17(11)2/h3-5,11H,6-8H2,1-2H3,(H,16,19). The number of likely N-dealkylation sites (tertiary alicyclic amines) is 1. The summed E-state index contributed by atoms with van der Waals surface area (Å²) in [6.45, 7) is 1.83. The Labute approximate surface area is 111 Å². The van der Waals surface area contributed by atoms with Crippen LogP contribution in [0.3, 0.4) is 0 Å². The smallest absolute Gasteiger partial charge is 0.243 e. The maximum Gasteiger partial charge on any atom is 0.243 e. The lowest BCUT2D eigenvalue weighted by molar-refractivity contribution is -0.133. The van der Waals surface area contributed by atoms with Gasteiger partial charge in [0.1, 0.15) is 11.9 Å². The van der Waals surface area contributed by atoms with Crippen molar-refractivity contribution in [2.45, 2.75) is 32.4 Å². The van der Waals surface area contributed by atoms with Gasteiger partial charge in [0.15, 0.2) is 0 Å². The first-order chi connectivity index (χ1) is 9.00. The molecule has 0 bridgehead atoms. The van der Waals surface area contributed by atoms with Gasteiger partial charge in [0.05, 0.1) is 0 Å². The van der Waals surface area contributed by atoms with Gasteiger partial charge in [-0.1, -0.05) is 18.2 Å². The molecule has 0 radical (unpaired) electrons. The molecule has 1 aromatic rings. The highest BCUT2D eigenvalue weighted by molar-refractivity contribution is 5.90. The molecule has 1 aliphatic rings. The van der Waals surface area contributed by atoms with Gasteiger partial charge < -0.3 is 10.2 Å². The molecule has 1 saturated heterocycles. The SMILES string of the molecule is Cc1cccc(CNC(=O)C2CCC(=O)N2C)c1F. The molecule has 0 saturated carbocycles. The van der Waals surface area contributed by atoms with E-state index in [4.69, 9.17) is 0 Å². The zero-order valence-electron chi connectivity index (χ0n) is 11.1. The number of aryl methyl sites for hydroxylation is 1. The second kappa shape index (κ2) is 5.38. The highest BCUT2D eigenvalue weighted by Crippen LogP contribution is 2.17. The van der Waals surface area contributed by atoms with Crippen molar-refractivity contribution in [2.24, 2.45) is 0 Å². The highest BCUT2D eigenvalue weighted by atomic mass is 19.1. The average molecular weight is 264 g/mol. The van der Waals surface area contributed by atoms with Crippen LogP contribution < -0.4 is 5.32 Å². The monoisotopic (exact) mass is 264 g/mol. The van der Waals surface area contributed by atoms with Crippen LogP contribution in [0.5, 0.6) is 0 Å². The number of amides is 2. The second-order valence-corrected chi connectivity index (χ2v) is 4.82. The molecule has 5 heteroatoms. The number of hydrogen-bond donors (Lipinski definition) is 1. The Morgan fingerprint density at radius 3 is 2.89 bits per heavy atom. The first-order valence-electron chi connectivity index (χ1n) is 6.28. The number of nitrogens with one attached hydrogen (secondary N) is 1. The Hall–Kier alpha value is -1.91. The van der Waals surface area contributed by atoms with Crippen LogP contribution in [0.15, 0.2) is 18.2 Å². The van der Waals surface area contributed by atoms with E-state index in [1.165, 1.54) is 4.90 Å². The summed E-state index contributed by atoms with van der Waals surface area (Å²) in [5.41, 5.74) is 1.01. The molecule has 0 spiro atoms. The van der Waals surface area contributed by atoms with Crippen LogP contribution in [0, 0.1) is 12.7 Å². The van der Waals surface area contributed by atoms with E-state index in [1.54, 1.807) is 32.2 Å². The van der Waals surface area contributed by atoms with Crippen molar-refractivity contribution in [2.75, 3.05) is 7.05 Å². The maximum absolute atomic E-state index is 13.8. The molecule has 1 unspecified atom stereocenters. The summed E-state index contributed by atoms with van der Waals surface area (Å²) in [5, 5.41) is 2.69. The topological polar surface area (TPSA) is 49.4 Å². The summed E-state index contributed by atoms with van der Waals surface area (Å²) in [6, 6.07) is 4.65. The van der Waals surface area contributed by atoms with Crippen molar-refractivity contribution >= 4 is 11.8 Å². The van der Waals surface area contributed by atoms with Crippen molar-refractivity contribution < 1.29 is 14.0 Å². The molecule has 1 atom stereocenters. The van der Waals surface area contributed by atoms with E-state index < -0.39 is 6.04 Å². The second-order valence-electron chi connectivity index (χ2n) is 4.82. The number of rotatable bonds is 3. The minimum atomic E-state index is -0.430. The molecular formula is C14H17FN2O2. The average Bonchev–Trinajstić information content (AvgIpc) is 2.72. The van der Waals surface area contributed by atoms with Crippen molar-refractivity contribution in [3.8, 4) is 0 Å². The van der Waals surface area contributed by atoms with Crippen molar-refractivity contribution in [3.63, 3.8) is 0 Å². The van der Waals surface area contributed by atoms with E-state index in [-0.39, 0.29) is 24.2 Å². The minimum Gasteiger partial charge on any atom is -0.350 e. The van der Waals surface area contributed by atoms with Gasteiger partial charge in [-0.25, -0.2) is 4.39 Å². The van der Waals surface area contributed by atoms with E-state index in [2.05, 4.69) is 5.32 Å². The van der Waals surface area contributed by atoms with Gasteiger partial charge in [-0.3, -0.25) is 9.59 Å². The van der Waals surface area contributed by atoms with Gasteiger partial charge in [0.2, 0.25) is 11.8 Å². The normalized spacial score (nSPS) is 18.8. The van der Waals surface area contributed by atoms with Gasteiger partial charge in [0, 0.05) is 25.6 Å². The van der Waals surface area contributed by atoms with Crippen LogP contribution in [0.4, 0.5) is 4.39 Å². The Morgan fingerprint density at radius 1 is 1.53 bits per heavy atom. The summed E-state index contributed by atoms with van der Waals surface area (Å²) in [7, 11) is 1.62. The largest absolute Gasteiger partial charge is 0.350 e. The maximum atomic E-state index is 13.8. The third-order valence-corrected chi connectivity index (χ3v) is 3.52. The molecule has 1 fully saturated rings. The van der Waals surface area contributed by atoms with E-state index >= 15 is 0 Å². The van der Waals surface area contributed by atoms with Crippen molar-refractivity contribution in [3.05, 3.63) is 35.1 Å². The lowest BCUT2D eigenvalue weighted by atomic mass is 10.1. The number of carbonyl (C=O) groups excluding carboxylic acids is 2. The van der Waals surface area contributed by atoms with Gasteiger partial charge >= 0.3 is 0 Å². The predicted molar refractivity (Wildman–Crippen MR) is 68.8 cm³/mol. The molecule has 4 nitrogen and oxygen atoms in total. The zero-order valence-corrected chi connectivity index (χ0v) is 11.1. The van der Waals surface area contributed by atoms with Crippen LogP contribution >= 0.6 is 0 Å². The molecular weight excluding hydrogens is 247 g/mol. The molecule has 1 N–H and O–H groups in total. The number of hydrogen-bond acceptors (Lipinski definition) is 2. The summed E-state index contributed by atoms with van der Waals surface area (Å²) in [4.78, 5) is 24.7. The van der Waals surface area contributed by atoms with Crippen molar-refractivity contribution in [1.82, 2.24) is 10.2 Å². The molecule has 1 heterocycles. The molecule has 102 valence electrons. The fourth-order valence-corrected chi connectivity index (χ4v) is 2.26. The first kappa shape index (κ1) is 13.5. The molecule has 2 amide bonds. The fourth-order valence-electron chi connectivity index (χ4n) is 2.26. The zero-order chi connectivity index (χ0) is 14.0. The molecule has 19 heavy (non-hydrogen) atoms. The third-order valence-electron chi connectivity index (χ3n) is 3.52. The Morgan fingerprint density at radius 2 is 2.26 bits per heavy atom. The molecule has 2 rings (SSSR count). The number of nitrogens with zero attached hydrogens (tertiary/aromatic N) is 1.